The van der Waals surface area contributed by atoms with Crippen LogP contribution in [-0.4, -0.2) is 15.9 Å². The van der Waals surface area contributed by atoms with Gasteiger partial charge in [-0.2, -0.15) is 0 Å². The van der Waals surface area contributed by atoms with E-state index < -0.39 is 0 Å². The standard InChI is InChI=1S/C13H13N3O/c17-13(10-1-2-10)16-11-5-3-9(4-6-11)12-7-14-8-15-12/h3-8,10H,1-2H2,(H,14,15)(H,16,17). The number of anilines is 1. The molecule has 3 rings (SSSR count). The Morgan fingerprint density at radius 2 is 2.06 bits per heavy atom. The molecule has 1 aliphatic rings. The molecule has 86 valence electrons. The van der Waals surface area contributed by atoms with Crippen molar-refractivity contribution in [1.82, 2.24) is 9.97 Å². The molecule has 1 fully saturated rings. The van der Waals surface area contributed by atoms with E-state index in [9.17, 15) is 4.79 Å². The first-order valence-corrected chi connectivity index (χ1v) is 5.72. The summed E-state index contributed by atoms with van der Waals surface area (Å²) < 4.78 is 0. The van der Waals surface area contributed by atoms with Crippen LogP contribution in [-0.2, 0) is 4.79 Å². The summed E-state index contributed by atoms with van der Waals surface area (Å²) in [4.78, 5) is 18.6. The molecular formula is C13H13N3O. The minimum Gasteiger partial charge on any atom is -0.345 e. The van der Waals surface area contributed by atoms with Crippen molar-refractivity contribution in [3.8, 4) is 11.3 Å². The van der Waals surface area contributed by atoms with Crippen LogP contribution in [0.5, 0.6) is 0 Å². The minimum atomic E-state index is 0.138. The molecule has 1 amide bonds. The minimum absolute atomic E-state index is 0.138. The Morgan fingerprint density at radius 1 is 1.29 bits per heavy atom. The van der Waals surface area contributed by atoms with Crippen LogP contribution >= 0.6 is 0 Å². The summed E-state index contributed by atoms with van der Waals surface area (Å²) in [5, 5.41) is 2.91. The van der Waals surface area contributed by atoms with Gasteiger partial charge in [0.25, 0.3) is 0 Å². The van der Waals surface area contributed by atoms with Crippen molar-refractivity contribution in [1.29, 1.82) is 0 Å². The number of benzene rings is 1. The number of nitrogens with one attached hydrogen (secondary N) is 2. The van der Waals surface area contributed by atoms with Gasteiger partial charge in [0.15, 0.2) is 0 Å². The van der Waals surface area contributed by atoms with E-state index >= 15 is 0 Å². The van der Waals surface area contributed by atoms with Gasteiger partial charge in [0.1, 0.15) is 0 Å². The van der Waals surface area contributed by atoms with E-state index in [1.807, 2.05) is 24.3 Å². The molecule has 0 bridgehead atoms. The summed E-state index contributed by atoms with van der Waals surface area (Å²) in [5.74, 6) is 0.376. The van der Waals surface area contributed by atoms with Crippen LogP contribution in [0, 0.1) is 5.92 Å². The summed E-state index contributed by atoms with van der Waals surface area (Å²) >= 11 is 0. The van der Waals surface area contributed by atoms with Crippen LogP contribution in [0.1, 0.15) is 12.8 Å². The molecule has 0 radical (unpaired) electrons. The Labute approximate surface area is 99.1 Å². The lowest BCUT2D eigenvalue weighted by atomic mass is 10.1. The maximum Gasteiger partial charge on any atom is 0.227 e. The number of carbonyl (C=O) groups excluding carboxylic acids is 1. The highest BCUT2D eigenvalue weighted by Crippen LogP contribution is 2.30. The summed E-state index contributed by atoms with van der Waals surface area (Å²) in [6.07, 6.45) is 5.48. The fourth-order valence-corrected chi connectivity index (χ4v) is 1.74. The number of hydrogen-bond acceptors (Lipinski definition) is 2. The van der Waals surface area contributed by atoms with Crippen LogP contribution in [0.15, 0.2) is 36.8 Å². The number of imidazole rings is 1. The molecule has 0 aliphatic heterocycles. The second-order valence-electron chi connectivity index (χ2n) is 4.31. The third kappa shape index (κ3) is 2.20. The maximum atomic E-state index is 11.6. The van der Waals surface area contributed by atoms with E-state index in [-0.39, 0.29) is 11.8 Å². The summed E-state index contributed by atoms with van der Waals surface area (Å²) in [5.41, 5.74) is 2.89. The number of H-pyrrole nitrogens is 1. The zero-order valence-corrected chi connectivity index (χ0v) is 9.31. The average molecular weight is 227 g/mol. The molecule has 1 aromatic heterocycles. The highest BCUT2D eigenvalue weighted by Gasteiger charge is 2.29. The number of aromatic amines is 1. The van der Waals surface area contributed by atoms with Gasteiger partial charge in [-0.05, 0) is 30.5 Å². The molecule has 17 heavy (non-hydrogen) atoms. The highest BCUT2D eigenvalue weighted by atomic mass is 16.2. The second kappa shape index (κ2) is 4.05. The van der Waals surface area contributed by atoms with Gasteiger partial charge in [-0.3, -0.25) is 4.79 Å². The third-order valence-electron chi connectivity index (χ3n) is 2.91. The molecule has 0 saturated heterocycles. The average Bonchev–Trinajstić information content (AvgIpc) is 3.07. The Bertz CT molecular complexity index is 512. The molecular weight excluding hydrogens is 214 g/mol. The summed E-state index contributed by atoms with van der Waals surface area (Å²) in [6, 6.07) is 7.76. The molecule has 4 heteroatoms. The molecule has 2 aromatic rings. The Morgan fingerprint density at radius 3 is 2.65 bits per heavy atom. The smallest absolute Gasteiger partial charge is 0.227 e. The van der Waals surface area contributed by atoms with Gasteiger partial charge >= 0.3 is 0 Å². The number of nitrogens with zero attached hydrogens (tertiary/aromatic N) is 1. The highest BCUT2D eigenvalue weighted by molar-refractivity contribution is 5.94. The first-order valence-electron chi connectivity index (χ1n) is 5.72. The normalized spacial score (nSPS) is 14.6. The molecule has 2 N–H and O–H groups in total. The fourth-order valence-electron chi connectivity index (χ4n) is 1.74. The Hall–Kier alpha value is -2.10. The number of aromatic nitrogens is 2. The van der Waals surface area contributed by atoms with E-state index in [1.54, 1.807) is 12.5 Å². The quantitative estimate of drug-likeness (QED) is 0.846. The molecule has 0 atom stereocenters. The first-order chi connectivity index (χ1) is 8.33. The molecule has 1 aromatic carbocycles. The summed E-state index contributed by atoms with van der Waals surface area (Å²) in [6.45, 7) is 0. The zero-order chi connectivity index (χ0) is 11.7. The van der Waals surface area contributed by atoms with Crippen LogP contribution in [0.4, 0.5) is 5.69 Å². The van der Waals surface area contributed by atoms with Gasteiger partial charge in [-0.25, -0.2) is 4.98 Å². The second-order valence-corrected chi connectivity index (χ2v) is 4.31. The largest absolute Gasteiger partial charge is 0.345 e. The van der Waals surface area contributed by atoms with Gasteiger partial charge in [-0.15, -0.1) is 0 Å². The molecule has 1 heterocycles. The van der Waals surface area contributed by atoms with Crippen LogP contribution in [0.25, 0.3) is 11.3 Å². The molecule has 0 spiro atoms. The van der Waals surface area contributed by atoms with Crippen molar-refractivity contribution in [2.45, 2.75) is 12.8 Å². The van der Waals surface area contributed by atoms with Gasteiger partial charge in [0.05, 0.1) is 18.2 Å². The van der Waals surface area contributed by atoms with Crippen molar-refractivity contribution in [3.05, 3.63) is 36.8 Å². The third-order valence-corrected chi connectivity index (χ3v) is 2.91. The lowest BCUT2D eigenvalue weighted by molar-refractivity contribution is -0.117. The maximum absolute atomic E-state index is 11.6. The van der Waals surface area contributed by atoms with Crippen molar-refractivity contribution in [2.75, 3.05) is 5.32 Å². The van der Waals surface area contributed by atoms with E-state index in [0.717, 1.165) is 29.8 Å². The number of hydrogen-bond donors (Lipinski definition) is 2. The van der Waals surface area contributed by atoms with Crippen molar-refractivity contribution < 1.29 is 4.79 Å². The molecule has 0 unspecified atom stereocenters. The van der Waals surface area contributed by atoms with E-state index in [2.05, 4.69) is 15.3 Å². The number of carbonyl (C=O) groups is 1. The van der Waals surface area contributed by atoms with Gasteiger partial charge in [0.2, 0.25) is 5.91 Å². The van der Waals surface area contributed by atoms with Gasteiger partial charge < -0.3 is 10.3 Å². The Kier molecular flexibility index (Phi) is 2.40. The van der Waals surface area contributed by atoms with E-state index in [4.69, 9.17) is 0 Å². The van der Waals surface area contributed by atoms with Crippen molar-refractivity contribution >= 4 is 11.6 Å². The number of amides is 1. The van der Waals surface area contributed by atoms with E-state index in [1.165, 1.54) is 0 Å². The zero-order valence-electron chi connectivity index (χ0n) is 9.31. The molecule has 4 nitrogen and oxygen atoms in total. The van der Waals surface area contributed by atoms with Crippen LogP contribution in [0.3, 0.4) is 0 Å². The van der Waals surface area contributed by atoms with Gasteiger partial charge in [-0.1, -0.05) is 12.1 Å². The summed E-state index contributed by atoms with van der Waals surface area (Å²) in [7, 11) is 0. The predicted octanol–water partition coefficient (Wildman–Crippen LogP) is 2.43. The predicted molar refractivity (Wildman–Crippen MR) is 65.4 cm³/mol. The fraction of sp³-hybridized carbons (Fsp3) is 0.231. The van der Waals surface area contributed by atoms with Crippen molar-refractivity contribution in [2.24, 2.45) is 5.92 Å². The van der Waals surface area contributed by atoms with Crippen molar-refractivity contribution in [3.63, 3.8) is 0 Å². The van der Waals surface area contributed by atoms with Gasteiger partial charge in [0, 0.05) is 11.6 Å². The monoisotopic (exact) mass is 227 g/mol. The number of rotatable bonds is 3. The Balaban J connectivity index is 1.73. The van der Waals surface area contributed by atoms with Crippen LogP contribution < -0.4 is 5.32 Å². The lowest BCUT2D eigenvalue weighted by Gasteiger charge is -2.04. The topological polar surface area (TPSA) is 57.8 Å². The molecule has 1 saturated carbocycles. The SMILES string of the molecule is O=C(Nc1ccc(-c2cnc[nH]2)cc1)C1CC1. The van der Waals surface area contributed by atoms with E-state index in [0.29, 0.717) is 0 Å². The molecule has 1 aliphatic carbocycles. The van der Waals surface area contributed by atoms with Crippen LogP contribution in [0.2, 0.25) is 0 Å². The first kappa shape index (κ1) is 10.1. The lowest BCUT2D eigenvalue weighted by Crippen LogP contribution is -2.12.